The third-order valence-corrected chi connectivity index (χ3v) is 2.90. The first-order valence-corrected chi connectivity index (χ1v) is 5.80. The van der Waals surface area contributed by atoms with Crippen molar-refractivity contribution in [1.82, 2.24) is 0 Å². The van der Waals surface area contributed by atoms with Crippen LogP contribution in [0.25, 0.3) is 0 Å². The predicted molar refractivity (Wildman–Crippen MR) is 68.3 cm³/mol. The lowest BCUT2D eigenvalue weighted by atomic mass is 10.2. The molecule has 100 valence electrons. The summed E-state index contributed by atoms with van der Waals surface area (Å²) in [6.45, 7) is -1.80. The molecule has 0 aromatic heterocycles. The molecule has 1 aromatic carbocycles. The molecule has 0 aliphatic carbocycles. The monoisotopic (exact) mass is 375 g/mol. The number of halogens is 4. The van der Waals surface area contributed by atoms with E-state index in [0.29, 0.717) is 0 Å². The molecule has 1 aromatic rings. The SMILES string of the molecule is NCC(F)(F)CNc1cc(F)c(I)cc1[N+](=O)[O-]. The Bertz CT molecular complexity index is 471. The Morgan fingerprint density at radius 3 is 2.61 bits per heavy atom. The summed E-state index contributed by atoms with van der Waals surface area (Å²) in [5.41, 5.74) is 4.06. The first-order valence-electron chi connectivity index (χ1n) is 4.72. The smallest absolute Gasteiger partial charge is 0.293 e. The second kappa shape index (κ2) is 5.69. The third kappa shape index (κ3) is 3.70. The number of hydrogen-bond acceptors (Lipinski definition) is 4. The van der Waals surface area contributed by atoms with Crippen LogP contribution in [0.2, 0.25) is 0 Å². The Balaban J connectivity index is 3.01. The van der Waals surface area contributed by atoms with E-state index in [1.54, 1.807) is 22.6 Å². The molecule has 18 heavy (non-hydrogen) atoms. The first kappa shape index (κ1) is 15.0. The molecule has 0 aliphatic rings. The average molecular weight is 375 g/mol. The normalized spacial score (nSPS) is 11.4. The molecule has 0 atom stereocenters. The van der Waals surface area contributed by atoms with Gasteiger partial charge in [0.05, 0.1) is 21.6 Å². The maximum Gasteiger partial charge on any atom is 0.293 e. The lowest BCUT2D eigenvalue weighted by molar-refractivity contribution is -0.384. The quantitative estimate of drug-likeness (QED) is 0.470. The predicted octanol–water partition coefficient (Wildman–Crippen LogP) is 2.34. The molecular formula is C9H9F3IN3O2. The van der Waals surface area contributed by atoms with E-state index in [0.717, 1.165) is 12.1 Å². The van der Waals surface area contributed by atoms with Gasteiger partial charge in [-0.2, -0.15) is 0 Å². The summed E-state index contributed by atoms with van der Waals surface area (Å²) < 4.78 is 39.1. The van der Waals surface area contributed by atoms with Crippen LogP contribution < -0.4 is 11.1 Å². The van der Waals surface area contributed by atoms with E-state index in [1.807, 2.05) is 0 Å². The minimum atomic E-state index is -3.21. The molecule has 0 radical (unpaired) electrons. The van der Waals surface area contributed by atoms with Crippen LogP contribution in [0.1, 0.15) is 0 Å². The number of rotatable bonds is 5. The standard InChI is InChI=1S/C9H9F3IN3O2/c10-5-1-7(15-4-9(11,12)3-14)8(16(17)18)2-6(5)13/h1-2,15H,3-4,14H2. The molecule has 0 aliphatic heterocycles. The van der Waals surface area contributed by atoms with Gasteiger partial charge in [-0.15, -0.1) is 0 Å². The summed E-state index contributed by atoms with van der Waals surface area (Å²) in [7, 11) is 0. The van der Waals surface area contributed by atoms with Gasteiger partial charge < -0.3 is 11.1 Å². The van der Waals surface area contributed by atoms with E-state index in [-0.39, 0.29) is 9.26 Å². The topological polar surface area (TPSA) is 81.2 Å². The molecule has 1 rings (SSSR count). The summed E-state index contributed by atoms with van der Waals surface area (Å²) >= 11 is 1.58. The van der Waals surface area contributed by atoms with Crippen molar-refractivity contribution in [1.29, 1.82) is 0 Å². The summed E-state index contributed by atoms with van der Waals surface area (Å²) in [4.78, 5) is 9.93. The lowest BCUT2D eigenvalue weighted by Crippen LogP contribution is -2.35. The van der Waals surface area contributed by atoms with Crippen molar-refractivity contribution in [2.24, 2.45) is 5.73 Å². The molecule has 0 bridgehead atoms. The van der Waals surface area contributed by atoms with Gasteiger partial charge in [0.1, 0.15) is 11.5 Å². The number of nitro groups is 1. The summed E-state index contributed by atoms with van der Waals surface area (Å²) in [5, 5.41) is 12.8. The van der Waals surface area contributed by atoms with Crippen molar-refractivity contribution < 1.29 is 18.1 Å². The fourth-order valence-electron chi connectivity index (χ4n) is 1.13. The average Bonchev–Trinajstić information content (AvgIpc) is 2.30. The highest BCUT2D eigenvalue weighted by Crippen LogP contribution is 2.29. The van der Waals surface area contributed by atoms with Gasteiger partial charge in [0, 0.05) is 12.1 Å². The van der Waals surface area contributed by atoms with Crippen molar-refractivity contribution in [2.45, 2.75) is 5.92 Å². The first-order chi connectivity index (χ1) is 8.26. The number of nitrogens with two attached hydrogens (primary N) is 1. The minimum Gasteiger partial charge on any atom is -0.373 e. The number of benzene rings is 1. The van der Waals surface area contributed by atoms with Gasteiger partial charge in [-0.3, -0.25) is 10.1 Å². The van der Waals surface area contributed by atoms with E-state index in [2.05, 4.69) is 5.32 Å². The molecule has 0 fully saturated rings. The van der Waals surface area contributed by atoms with E-state index in [4.69, 9.17) is 5.73 Å². The van der Waals surface area contributed by atoms with E-state index >= 15 is 0 Å². The molecule has 9 heteroatoms. The molecule has 0 unspecified atom stereocenters. The molecule has 0 heterocycles. The van der Waals surface area contributed by atoms with Crippen LogP contribution in [0.4, 0.5) is 24.5 Å². The Kier molecular flexibility index (Phi) is 4.73. The highest BCUT2D eigenvalue weighted by molar-refractivity contribution is 14.1. The number of nitrogens with zero attached hydrogens (tertiary/aromatic N) is 1. The Hall–Kier alpha value is -1.10. The van der Waals surface area contributed by atoms with Gasteiger partial charge in [-0.05, 0) is 22.6 Å². The molecular weight excluding hydrogens is 366 g/mol. The second-order valence-corrected chi connectivity index (χ2v) is 4.62. The zero-order chi connectivity index (χ0) is 13.9. The van der Waals surface area contributed by atoms with Crippen molar-refractivity contribution >= 4 is 34.0 Å². The van der Waals surface area contributed by atoms with E-state index < -0.39 is 35.4 Å². The molecule has 3 N–H and O–H groups in total. The zero-order valence-electron chi connectivity index (χ0n) is 8.92. The van der Waals surface area contributed by atoms with Gasteiger partial charge in [0.15, 0.2) is 0 Å². The van der Waals surface area contributed by atoms with Crippen LogP contribution in [0.15, 0.2) is 12.1 Å². The highest BCUT2D eigenvalue weighted by atomic mass is 127. The van der Waals surface area contributed by atoms with Gasteiger partial charge in [0.25, 0.3) is 11.6 Å². The van der Waals surface area contributed by atoms with Gasteiger partial charge in [-0.1, -0.05) is 0 Å². The van der Waals surface area contributed by atoms with Crippen molar-refractivity contribution in [2.75, 3.05) is 18.4 Å². The van der Waals surface area contributed by atoms with Crippen LogP contribution >= 0.6 is 22.6 Å². The van der Waals surface area contributed by atoms with Crippen LogP contribution in [0.5, 0.6) is 0 Å². The van der Waals surface area contributed by atoms with Crippen LogP contribution in [0, 0.1) is 19.5 Å². The fourth-order valence-corrected chi connectivity index (χ4v) is 1.58. The van der Waals surface area contributed by atoms with Gasteiger partial charge in [0.2, 0.25) is 0 Å². The lowest BCUT2D eigenvalue weighted by Gasteiger charge is -2.15. The second-order valence-electron chi connectivity index (χ2n) is 3.45. The fraction of sp³-hybridized carbons (Fsp3) is 0.333. The van der Waals surface area contributed by atoms with E-state index in [1.165, 1.54) is 0 Å². The third-order valence-electron chi connectivity index (χ3n) is 2.07. The zero-order valence-corrected chi connectivity index (χ0v) is 11.1. The number of anilines is 1. The van der Waals surface area contributed by atoms with Gasteiger partial charge >= 0.3 is 0 Å². The molecule has 0 spiro atoms. The molecule has 5 nitrogen and oxygen atoms in total. The van der Waals surface area contributed by atoms with Crippen molar-refractivity contribution in [3.63, 3.8) is 0 Å². The molecule has 0 saturated heterocycles. The number of hydrogen-bond donors (Lipinski definition) is 2. The molecule has 0 saturated carbocycles. The maximum absolute atomic E-state index is 13.2. The summed E-state index contributed by atoms with van der Waals surface area (Å²) in [6, 6.07) is 1.78. The molecule has 0 amide bonds. The Morgan fingerprint density at radius 2 is 2.11 bits per heavy atom. The highest BCUT2D eigenvalue weighted by Gasteiger charge is 2.28. The van der Waals surface area contributed by atoms with Crippen LogP contribution in [0.3, 0.4) is 0 Å². The number of nitro benzene ring substituents is 1. The van der Waals surface area contributed by atoms with E-state index in [9.17, 15) is 23.3 Å². The minimum absolute atomic E-state index is 0.0374. The number of nitrogens with one attached hydrogen (secondary N) is 1. The summed E-state index contributed by atoms with van der Waals surface area (Å²) in [5.74, 6) is -3.94. The Morgan fingerprint density at radius 1 is 1.50 bits per heavy atom. The number of alkyl halides is 2. The van der Waals surface area contributed by atoms with Crippen molar-refractivity contribution in [3.8, 4) is 0 Å². The summed E-state index contributed by atoms with van der Waals surface area (Å²) in [6.07, 6.45) is 0. The Labute approximate surface area is 114 Å². The largest absolute Gasteiger partial charge is 0.373 e. The van der Waals surface area contributed by atoms with Gasteiger partial charge in [-0.25, -0.2) is 13.2 Å². The van der Waals surface area contributed by atoms with Crippen LogP contribution in [-0.4, -0.2) is 23.9 Å². The van der Waals surface area contributed by atoms with Crippen LogP contribution in [-0.2, 0) is 0 Å². The van der Waals surface area contributed by atoms with Crippen molar-refractivity contribution in [3.05, 3.63) is 31.6 Å². The maximum atomic E-state index is 13.2.